The highest BCUT2D eigenvalue weighted by atomic mass is 79.9. The standard InChI is InChI=1S/C14H24BrN3O/c1-5-10-13(15)11(18(4)17-10)8-12(19)14(6-2,7-3)9-16/h5-9,16H2,1-4H3. The third-order valence-corrected chi connectivity index (χ3v) is 5.08. The van der Waals surface area contributed by atoms with Crippen molar-refractivity contribution in [3.63, 3.8) is 0 Å². The number of Topliss-reactive ketones (excluding diaryl/α,β-unsaturated/α-hetero) is 1. The van der Waals surface area contributed by atoms with E-state index in [1.165, 1.54) is 0 Å². The molecule has 0 spiro atoms. The van der Waals surface area contributed by atoms with Gasteiger partial charge >= 0.3 is 0 Å². The van der Waals surface area contributed by atoms with Crippen LogP contribution in [0.1, 0.15) is 45.0 Å². The Bertz CT molecular complexity index is 442. The van der Waals surface area contributed by atoms with E-state index in [0.29, 0.717) is 13.0 Å². The van der Waals surface area contributed by atoms with Gasteiger partial charge in [-0.2, -0.15) is 5.10 Å². The van der Waals surface area contributed by atoms with Gasteiger partial charge in [-0.25, -0.2) is 0 Å². The van der Waals surface area contributed by atoms with Crippen LogP contribution >= 0.6 is 15.9 Å². The maximum absolute atomic E-state index is 12.6. The zero-order valence-electron chi connectivity index (χ0n) is 12.3. The minimum Gasteiger partial charge on any atom is -0.329 e. The van der Waals surface area contributed by atoms with Crippen LogP contribution in [0.3, 0.4) is 0 Å². The molecule has 0 amide bonds. The second-order valence-electron chi connectivity index (χ2n) is 4.98. The molecular weight excluding hydrogens is 306 g/mol. The van der Waals surface area contributed by atoms with Gasteiger partial charge in [0.05, 0.1) is 22.3 Å². The van der Waals surface area contributed by atoms with Crippen LogP contribution in [0.5, 0.6) is 0 Å². The van der Waals surface area contributed by atoms with Crippen LogP contribution in [-0.2, 0) is 24.7 Å². The number of carbonyl (C=O) groups excluding carboxylic acids is 1. The van der Waals surface area contributed by atoms with Crippen molar-refractivity contribution in [2.45, 2.75) is 46.5 Å². The molecule has 2 N–H and O–H groups in total. The van der Waals surface area contributed by atoms with Crippen LogP contribution in [0.25, 0.3) is 0 Å². The minimum absolute atomic E-state index is 0.214. The number of aryl methyl sites for hydroxylation is 2. The first kappa shape index (κ1) is 16.4. The van der Waals surface area contributed by atoms with Crippen molar-refractivity contribution in [1.82, 2.24) is 9.78 Å². The molecule has 0 radical (unpaired) electrons. The number of ketones is 1. The molecule has 0 saturated carbocycles. The monoisotopic (exact) mass is 329 g/mol. The Morgan fingerprint density at radius 3 is 2.32 bits per heavy atom. The van der Waals surface area contributed by atoms with E-state index in [0.717, 1.165) is 35.1 Å². The lowest BCUT2D eigenvalue weighted by Crippen LogP contribution is -2.39. The van der Waals surface area contributed by atoms with Gasteiger partial charge in [0.15, 0.2) is 0 Å². The third-order valence-electron chi connectivity index (χ3n) is 4.17. The van der Waals surface area contributed by atoms with Crippen LogP contribution < -0.4 is 5.73 Å². The molecule has 0 aliphatic rings. The lowest BCUT2D eigenvalue weighted by atomic mass is 9.77. The summed E-state index contributed by atoms with van der Waals surface area (Å²) in [5.41, 5.74) is 7.39. The number of aromatic nitrogens is 2. The molecule has 19 heavy (non-hydrogen) atoms. The average molecular weight is 330 g/mol. The number of rotatable bonds is 7. The number of nitrogens with zero attached hydrogens (tertiary/aromatic N) is 2. The molecule has 0 aliphatic carbocycles. The van der Waals surface area contributed by atoms with E-state index < -0.39 is 5.41 Å². The molecule has 0 bridgehead atoms. The van der Waals surface area contributed by atoms with E-state index >= 15 is 0 Å². The van der Waals surface area contributed by atoms with Crippen LogP contribution in [0.15, 0.2) is 4.47 Å². The van der Waals surface area contributed by atoms with E-state index in [1.807, 2.05) is 20.9 Å². The van der Waals surface area contributed by atoms with Gasteiger partial charge < -0.3 is 5.73 Å². The second kappa shape index (κ2) is 6.66. The van der Waals surface area contributed by atoms with Crippen LogP contribution in [0, 0.1) is 5.41 Å². The van der Waals surface area contributed by atoms with Crippen molar-refractivity contribution in [2.75, 3.05) is 6.54 Å². The van der Waals surface area contributed by atoms with E-state index in [2.05, 4.69) is 28.0 Å². The average Bonchev–Trinajstić information content (AvgIpc) is 2.69. The summed E-state index contributed by atoms with van der Waals surface area (Å²) < 4.78 is 2.76. The maximum atomic E-state index is 12.6. The van der Waals surface area contributed by atoms with Gasteiger partial charge in [-0.3, -0.25) is 9.48 Å². The minimum atomic E-state index is -0.393. The van der Waals surface area contributed by atoms with Gasteiger partial charge in [-0.1, -0.05) is 20.8 Å². The molecule has 0 saturated heterocycles. The molecule has 108 valence electrons. The molecule has 0 fully saturated rings. The van der Waals surface area contributed by atoms with Crippen LogP contribution in [-0.4, -0.2) is 22.1 Å². The Morgan fingerprint density at radius 2 is 1.95 bits per heavy atom. The molecule has 0 aromatic carbocycles. The fourth-order valence-electron chi connectivity index (χ4n) is 2.40. The van der Waals surface area contributed by atoms with Crippen molar-refractivity contribution in [1.29, 1.82) is 0 Å². The molecule has 5 heteroatoms. The predicted octanol–water partition coefficient (Wildman–Crippen LogP) is 2.62. The molecule has 1 aromatic rings. The second-order valence-corrected chi connectivity index (χ2v) is 5.77. The molecule has 4 nitrogen and oxygen atoms in total. The van der Waals surface area contributed by atoms with Crippen molar-refractivity contribution in [3.8, 4) is 0 Å². The lowest BCUT2D eigenvalue weighted by molar-refractivity contribution is -0.128. The van der Waals surface area contributed by atoms with Crippen molar-refractivity contribution < 1.29 is 4.79 Å². The fourth-order valence-corrected chi connectivity index (χ4v) is 3.15. The first-order chi connectivity index (χ1) is 8.95. The smallest absolute Gasteiger partial charge is 0.146 e. The van der Waals surface area contributed by atoms with Gasteiger partial charge in [0, 0.05) is 19.0 Å². The Balaban J connectivity index is 3.02. The largest absolute Gasteiger partial charge is 0.329 e. The Kier molecular flexibility index (Phi) is 5.74. The zero-order valence-corrected chi connectivity index (χ0v) is 13.9. The number of nitrogens with two attached hydrogens (primary N) is 1. The molecule has 1 rings (SSSR count). The highest BCUT2D eigenvalue weighted by molar-refractivity contribution is 9.10. The van der Waals surface area contributed by atoms with Gasteiger partial charge in [0.25, 0.3) is 0 Å². The summed E-state index contributed by atoms with van der Waals surface area (Å²) >= 11 is 3.56. The summed E-state index contributed by atoms with van der Waals surface area (Å²) in [6.45, 7) is 6.53. The summed E-state index contributed by atoms with van der Waals surface area (Å²) in [5, 5.41) is 4.43. The van der Waals surface area contributed by atoms with Gasteiger partial charge in [-0.05, 0) is 35.2 Å². The van der Waals surface area contributed by atoms with E-state index in [9.17, 15) is 4.79 Å². The fraction of sp³-hybridized carbons (Fsp3) is 0.714. The first-order valence-corrected chi connectivity index (χ1v) is 7.68. The van der Waals surface area contributed by atoms with Crippen LogP contribution in [0.2, 0.25) is 0 Å². The third kappa shape index (κ3) is 3.08. The number of carbonyl (C=O) groups is 1. The summed E-state index contributed by atoms with van der Waals surface area (Å²) in [5.74, 6) is 0.214. The van der Waals surface area contributed by atoms with E-state index in [1.54, 1.807) is 4.68 Å². The Labute approximate surface area is 123 Å². The lowest BCUT2D eigenvalue weighted by Gasteiger charge is -2.28. The summed E-state index contributed by atoms with van der Waals surface area (Å²) in [7, 11) is 1.88. The normalized spacial score (nSPS) is 11.9. The van der Waals surface area contributed by atoms with Gasteiger partial charge in [-0.15, -0.1) is 0 Å². The summed E-state index contributed by atoms with van der Waals surface area (Å²) in [4.78, 5) is 12.6. The molecule has 1 heterocycles. The number of hydrogen-bond donors (Lipinski definition) is 1. The molecular formula is C14H24BrN3O. The van der Waals surface area contributed by atoms with Crippen molar-refractivity contribution >= 4 is 21.7 Å². The van der Waals surface area contributed by atoms with E-state index in [-0.39, 0.29) is 5.78 Å². The zero-order chi connectivity index (χ0) is 14.6. The SMILES string of the molecule is CCc1nn(C)c(CC(=O)C(CC)(CC)CN)c1Br. The maximum Gasteiger partial charge on any atom is 0.146 e. The first-order valence-electron chi connectivity index (χ1n) is 6.89. The van der Waals surface area contributed by atoms with Gasteiger partial charge in [0.2, 0.25) is 0 Å². The van der Waals surface area contributed by atoms with Crippen molar-refractivity contribution in [3.05, 3.63) is 15.9 Å². The predicted molar refractivity (Wildman–Crippen MR) is 81.1 cm³/mol. The van der Waals surface area contributed by atoms with Gasteiger partial charge in [0.1, 0.15) is 5.78 Å². The van der Waals surface area contributed by atoms with Crippen molar-refractivity contribution in [2.24, 2.45) is 18.2 Å². The Hall–Kier alpha value is -0.680. The highest BCUT2D eigenvalue weighted by Gasteiger charge is 2.34. The highest BCUT2D eigenvalue weighted by Crippen LogP contribution is 2.30. The van der Waals surface area contributed by atoms with E-state index in [4.69, 9.17) is 5.73 Å². The number of hydrogen-bond acceptors (Lipinski definition) is 3. The molecule has 0 atom stereocenters. The topological polar surface area (TPSA) is 60.9 Å². The summed E-state index contributed by atoms with van der Waals surface area (Å²) in [6.07, 6.45) is 2.82. The number of halogens is 1. The quantitative estimate of drug-likeness (QED) is 0.836. The molecule has 0 unspecified atom stereocenters. The van der Waals surface area contributed by atoms with Crippen LogP contribution in [0.4, 0.5) is 0 Å². The summed E-state index contributed by atoms with van der Waals surface area (Å²) in [6, 6.07) is 0. The molecule has 0 aliphatic heterocycles. The Morgan fingerprint density at radius 1 is 1.37 bits per heavy atom. The molecule has 1 aromatic heterocycles.